The van der Waals surface area contributed by atoms with Crippen molar-refractivity contribution in [2.45, 2.75) is 13.1 Å². The molecule has 3 heterocycles. The van der Waals surface area contributed by atoms with Crippen LogP contribution in [-0.2, 0) is 0 Å². The average molecular weight is 649 g/mol. The summed E-state index contributed by atoms with van der Waals surface area (Å²) in [7, 11) is -1.99. The zero-order valence-electron chi connectivity index (χ0n) is 26.8. The fraction of sp³-hybridized carbons (Fsp3) is 0.0455. The van der Waals surface area contributed by atoms with E-state index < -0.39 is 8.07 Å². The Hall–Kier alpha value is -5.42. The number of benzene rings is 7. The Bertz CT molecular complexity index is 2720. The highest BCUT2D eigenvalue weighted by Gasteiger charge is 2.38. The molecule has 9 aromatic rings. The smallest absolute Gasteiger partial charge is 0.117 e. The fourth-order valence-electron chi connectivity index (χ4n) is 8.06. The third-order valence-electron chi connectivity index (χ3n) is 10.4. The largest absolute Gasteiger partial charge is 0.311 e. The minimum absolute atomic E-state index is 1.20. The van der Waals surface area contributed by atoms with E-state index in [0.29, 0.717) is 0 Å². The Morgan fingerprint density at radius 1 is 0.458 bits per heavy atom. The van der Waals surface area contributed by atoms with Gasteiger partial charge in [-0.25, -0.2) is 0 Å². The van der Waals surface area contributed by atoms with Crippen molar-refractivity contribution in [2.75, 3.05) is 4.90 Å². The molecule has 4 heteroatoms. The molecule has 0 amide bonds. The van der Waals surface area contributed by atoms with Gasteiger partial charge in [-0.05, 0) is 76.1 Å². The molecule has 48 heavy (non-hydrogen) atoms. The summed E-state index contributed by atoms with van der Waals surface area (Å²) in [4.78, 5) is 2.46. The van der Waals surface area contributed by atoms with E-state index in [1.54, 1.807) is 0 Å². The summed E-state index contributed by atoms with van der Waals surface area (Å²) in [5, 5.41) is 8.17. The molecular formula is C44H32N2SSi. The van der Waals surface area contributed by atoms with Gasteiger partial charge in [0, 0.05) is 43.3 Å². The van der Waals surface area contributed by atoms with Crippen molar-refractivity contribution in [3.05, 3.63) is 158 Å². The molecule has 0 atom stereocenters. The molecule has 10 rings (SSSR count). The van der Waals surface area contributed by atoms with Crippen LogP contribution in [0.2, 0.25) is 13.1 Å². The van der Waals surface area contributed by atoms with Crippen LogP contribution in [0.15, 0.2) is 158 Å². The predicted octanol–water partition coefficient (Wildman–Crippen LogP) is 11.4. The lowest BCUT2D eigenvalue weighted by Crippen LogP contribution is -2.58. The summed E-state index contributed by atoms with van der Waals surface area (Å²) >= 11 is 1.89. The van der Waals surface area contributed by atoms with Crippen LogP contribution in [-0.4, -0.2) is 12.6 Å². The normalized spacial score (nSPS) is 13.8. The van der Waals surface area contributed by atoms with Crippen LogP contribution in [0, 0.1) is 0 Å². The molecule has 0 saturated carbocycles. The number of aromatic nitrogens is 1. The predicted molar refractivity (Wildman–Crippen MR) is 211 cm³/mol. The molecule has 7 aromatic carbocycles. The first-order valence-electron chi connectivity index (χ1n) is 16.6. The SMILES string of the molecule is C[Si]1(C)c2ccccc2N(c2ccccc2)c2ccc(-c3ccc4c(c3)c3ccccc3n4-c3cccc4c3sc3ccccc34)cc21. The molecule has 2 nitrogen and oxygen atoms in total. The van der Waals surface area contributed by atoms with Gasteiger partial charge in [-0.15, -0.1) is 11.3 Å². The maximum Gasteiger partial charge on any atom is 0.117 e. The molecule has 1 aliphatic heterocycles. The summed E-state index contributed by atoms with van der Waals surface area (Å²) in [5.74, 6) is 0. The first kappa shape index (κ1) is 27.7. The van der Waals surface area contributed by atoms with Crippen molar-refractivity contribution in [3.8, 4) is 16.8 Å². The second-order valence-corrected chi connectivity index (χ2v) is 18.8. The summed E-state index contributed by atoms with van der Waals surface area (Å²) in [6.45, 7) is 5.00. The molecule has 1 aliphatic rings. The van der Waals surface area contributed by atoms with Crippen molar-refractivity contribution in [1.82, 2.24) is 4.57 Å². The van der Waals surface area contributed by atoms with Crippen LogP contribution < -0.4 is 15.3 Å². The van der Waals surface area contributed by atoms with Gasteiger partial charge in [-0.1, -0.05) is 116 Å². The maximum absolute atomic E-state index is 2.50. The van der Waals surface area contributed by atoms with Gasteiger partial charge in [0.25, 0.3) is 0 Å². The summed E-state index contributed by atoms with van der Waals surface area (Å²) < 4.78 is 5.13. The van der Waals surface area contributed by atoms with E-state index in [1.807, 2.05) is 11.3 Å². The second kappa shape index (κ2) is 10.3. The van der Waals surface area contributed by atoms with Crippen LogP contribution in [0.4, 0.5) is 17.1 Å². The van der Waals surface area contributed by atoms with Crippen molar-refractivity contribution in [3.63, 3.8) is 0 Å². The second-order valence-electron chi connectivity index (χ2n) is 13.4. The fourth-order valence-corrected chi connectivity index (χ4v) is 12.3. The zero-order chi connectivity index (χ0) is 32.0. The Labute approximate surface area is 284 Å². The number of anilines is 3. The summed E-state index contributed by atoms with van der Waals surface area (Å²) in [6, 6.07) is 58.5. The maximum atomic E-state index is 2.50. The van der Waals surface area contributed by atoms with Crippen molar-refractivity contribution >= 4 is 88.8 Å². The lowest BCUT2D eigenvalue weighted by molar-refractivity contribution is 1.20. The molecule has 0 saturated heterocycles. The minimum atomic E-state index is -1.99. The van der Waals surface area contributed by atoms with Crippen LogP contribution in [0.5, 0.6) is 0 Å². The lowest BCUT2D eigenvalue weighted by Gasteiger charge is -2.41. The molecule has 228 valence electrons. The van der Waals surface area contributed by atoms with Gasteiger partial charge in [0.2, 0.25) is 0 Å². The monoisotopic (exact) mass is 648 g/mol. The number of hydrogen-bond donors (Lipinski definition) is 0. The quantitative estimate of drug-likeness (QED) is 0.173. The van der Waals surface area contributed by atoms with Gasteiger partial charge in [0.05, 0.1) is 21.4 Å². The molecule has 0 fully saturated rings. The van der Waals surface area contributed by atoms with Gasteiger partial charge in [-0.3, -0.25) is 0 Å². The molecule has 0 spiro atoms. The molecule has 0 N–H and O–H groups in total. The third kappa shape index (κ3) is 3.90. The lowest BCUT2D eigenvalue weighted by atomic mass is 10.0. The summed E-state index contributed by atoms with van der Waals surface area (Å²) in [5.41, 5.74) is 10.1. The number of rotatable bonds is 3. The Kier molecular flexibility index (Phi) is 5.93. The van der Waals surface area contributed by atoms with Crippen molar-refractivity contribution in [1.29, 1.82) is 0 Å². The number of hydrogen-bond acceptors (Lipinski definition) is 2. The van der Waals surface area contributed by atoms with Crippen LogP contribution in [0.25, 0.3) is 58.8 Å². The van der Waals surface area contributed by atoms with Gasteiger partial charge in [0.15, 0.2) is 0 Å². The van der Waals surface area contributed by atoms with Crippen molar-refractivity contribution < 1.29 is 0 Å². The molecule has 0 unspecified atom stereocenters. The average Bonchev–Trinajstić information content (AvgIpc) is 3.68. The summed E-state index contributed by atoms with van der Waals surface area (Å²) in [6.07, 6.45) is 0. The molecule has 2 aromatic heterocycles. The van der Waals surface area contributed by atoms with E-state index in [9.17, 15) is 0 Å². The zero-order valence-corrected chi connectivity index (χ0v) is 28.6. The standard InChI is InChI=1S/C44H32N2SSi/c1-48(2)42-22-11-9-19-38(42)45(31-13-4-3-5-14-31)39-26-24-30(28-43(39)48)29-23-25-37-35(27-29)32-15-6-8-18-36(32)46(37)40-20-12-17-34-33-16-7-10-21-41(33)47-44(34)40/h3-28H,1-2H3. The number of nitrogens with zero attached hydrogens (tertiary/aromatic N) is 2. The van der Waals surface area contributed by atoms with E-state index in [1.165, 1.54) is 86.2 Å². The first-order valence-corrected chi connectivity index (χ1v) is 20.4. The molecule has 0 bridgehead atoms. The molecular weight excluding hydrogens is 617 g/mol. The Balaban J connectivity index is 1.17. The molecule has 0 aliphatic carbocycles. The van der Waals surface area contributed by atoms with E-state index in [4.69, 9.17) is 0 Å². The van der Waals surface area contributed by atoms with Gasteiger partial charge in [-0.2, -0.15) is 0 Å². The van der Waals surface area contributed by atoms with Crippen LogP contribution >= 0.6 is 11.3 Å². The number of thiophene rings is 1. The van der Waals surface area contributed by atoms with E-state index in [-0.39, 0.29) is 0 Å². The minimum Gasteiger partial charge on any atom is -0.311 e. The number of fused-ring (bicyclic) bond motifs is 8. The van der Waals surface area contributed by atoms with E-state index in [0.717, 1.165) is 0 Å². The van der Waals surface area contributed by atoms with Crippen LogP contribution in [0.1, 0.15) is 0 Å². The highest BCUT2D eigenvalue weighted by Crippen LogP contribution is 2.43. The van der Waals surface area contributed by atoms with Gasteiger partial charge < -0.3 is 9.47 Å². The highest BCUT2D eigenvalue weighted by molar-refractivity contribution is 7.26. The van der Waals surface area contributed by atoms with Crippen LogP contribution in [0.3, 0.4) is 0 Å². The Morgan fingerprint density at radius 3 is 2.00 bits per heavy atom. The topological polar surface area (TPSA) is 8.17 Å². The number of para-hydroxylation sites is 3. The Morgan fingerprint density at radius 2 is 1.10 bits per heavy atom. The van der Waals surface area contributed by atoms with Gasteiger partial charge >= 0.3 is 0 Å². The van der Waals surface area contributed by atoms with E-state index in [2.05, 4.69) is 180 Å². The highest BCUT2D eigenvalue weighted by atomic mass is 32.1. The van der Waals surface area contributed by atoms with Crippen molar-refractivity contribution in [2.24, 2.45) is 0 Å². The molecule has 0 radical (unpaired) electrons. The third-order valence-corrected chi connectivity index (χ3v) is 15.1. The van der Waals surface area contributed by atoms with E-state index >= 15 is 0 Å². The first-order chi connectivity index (χ1) is 23.6. The van der Waals surface area contributed by atoms with Gasteiger partial charge in [0.1, 0.15) is 8.07 Å².